The van der Waals surface area contributed by atoms with Crippen molar-refractivity contribution >= 4 is 44.9 Å². The first-order valence-electron chi connectivity index (χ1n) is 22.6. The number of imidazole rings is 2. The molecule has 1 spiro atoms. The summed E-state index contributed by atoms with van der Waals surface area (Å²) in [6.45, 7) is 4.26. The lowest BCUT2D eigenvalue weighted by molar-refractivity contribution is -0.137. The highest BCUT2D eigenvalue weighted by Crippen LogP contribution is 2.59. The zero-order valence-electron chi connectivity index (χ0n) is 37.7. The molecule has 2 saturated carbocycles. The van der Waals surface area contributed by atoms with Gasteiger partial charge in [0.1, 0.15) is 33.6 Å². The van der Waals surface area contributed by atoms with Crippen LogP contribution >= 0.6 is 0 Å². The molecule has 10 rings (SSSR count). The molecule has 0 radical (unpaired) electrons. The predicted molar refractivity (Wildman–Crippen MR) is 242 cm³/mol. The van der Waals surface area contributed by atoms with Gasteiger partial charge in [0, 0.05) is 35.5 Å². The minimum atomic E-state index is -3.67. The van der Waals surface area contributed by atoms with Gasteiger partial charge in [0.05, 0.1) is 55.0 Å². The number of aromatic nitrogens is 4. The van der Waals surface area contributed by atoms with E-state index < -0.39 is 57.7 Å². The molecule has 2 saturated heterocycles. The summed E-state index contributed by atoms with van der Waals surface area (Å²) in [6.07, 6.45) is 5.99. The number of alkyl halides is 2. The van der Waals surface area contributed by atoms with Gasteiger partial charge >= 0.3 is 12.2 Å². The van der Waals surface area contributed by atoms with E-state index in [1.54, 1.807) is 40.3 Å². The van der Waals surface area contributed by atoms with Crippen molar-refractivity contribution in [1.82, 2.24) is 40.4 Å². The second-order valence-electron chi connectivity index (χ2n) is 19.4. The molecule has 4 heterocycles. The maximum Gasteiger partial charge on any atom is 0.407 e. The normalized spacial score (nSPS) is 22.7. The maximum absolute atomic E-state index is 16.7. The standard InChI is InChI=1S/C48H52F2N8O8S/c1-24(2)39(56-46(62)66-4)44(60)57-23-47(14-15-47)20-38(57)41-51-21-36(54-41)27-8-12-31-30-11-7-25(17-32(30)48(49,50)33(31)18-27)26-9-13-34-35(19-26)53-42(52-34)40-28-6-10-29(16-28)58(40)43(59)37(22-67(5,63)64)55-45(61)65-3/h7-9,11-13,17-19,21,24,28-29,37-40H,6,10,14-16,20,22-23H2,1-5H3,(H,51,54)(H,52,53)(H,55,61)(H,56,62)/t28-,29+,37-,38-,39?,40-/m0/s1. The summed E-state index contributed by atoms with van der Waals surface area (Å²) in [6, 6.07) is 12.3. The summed E-state index contributed by atoms with van der Waals surface area (Å²) in [5.41, 5.74) is 4.15. The quantitative estimate of drug-likeness (QED) is 0.107. The number of hydrogen-bond donors (Lipinski definition) is 4. The summed E-state index contributed by atoms with van der Waals surface area (Å²) in [4.78, 5) is 72.1. The third-order valence-corrected chi connectivity index (χ3v) is 15.5. The van der Waals surface area contributed by atoms with Crippen LogP contribution in [0.4, 0.5) is 18.4 Å². The Morgan fingerprint density at radius 1 is 0.866 bits per heavy atom. The fourth-order valence-electron chi connectivity index (χ4n) is 11.0. The Balaban J connectivity index is 0.896. The van der Waals surface area contributed by atoms with Crippen molar-refractivity contribution < 1.29 is 45.9 Å². The Kier molecular flexibility index (Phi) is 10.7. The SMILES string of the molecule is COC(=O)NC(C(=O)N1CC2(CC2)C[C@H]1c1ncc(-c2ccc3c(c2)C(F)(F)c2cc(-c4ccc5nc([C@@H]6[C@H]7CC[C@H](C7)N6C(=O)[C@H](CS(C)(=O)=O)NC(=O)OC)[nH]c5c4)ccc2-3)[nH]1)C(C)C. The van der Waals surface area contributed by atoms with Gasteiger partial charge in [-0.15, -0.1) is 0 Å². The molecule has 4 amide bonds. The molecule has 3 aromatic carbocycles. The fourth-order valence-corrected chi connectivity index (χ4v) is 11.9. The van der Waals surface area contributed by atoms with Crippen LogP contribution in [0.25, 0.3) is 44.5 Å². The summed E-state index contributed by atoms with van der Waals surface area (Å²) < 4.78 is 67.5. The van der Waals surface area contributed by atoms with E-state index in [4.69, 9.17) is 14.5 Å². The molecule has 2 bridgehead atoms. The number of carbonyl (C=O) groups is 4. The molecular weight excluding hydrogens is 887 g/mol. The van der Waals surface area contributed by atoms with Gasteiger partial charge in [-0.05, 0) is 102 Å². The summed E-state index contributed by atoms with van der Waals surface area (Å²) in [5, 5.41) is 5.10. The maximum atomic E-state index is 16.7. The zero-order valence-corrected chi connectivity index (χ0v) is 38.5. The number of benzene rings is 3. The van der Waals surface area contributed by atoms with Crippen molar-refractivity contribution in [2.75, 3.05) is 32.8 Å². The minimum absolute atomic E-state index is 0.00656. The number of H-pyrrole nitrogens is 2. The number of piperidine rings is 1. The number of nitrogens with one attached hydrogen (secondary N) is 4. The molecule has 4 N–H and O–H groups in total. The van der Waals surface area contributed by atoms with E-state index in [1.165, 1.54) is 19.2 Å². The first kappa shape index (κ1) is 44.5. The summed E-state index contributed by atoms with van der Waals surface area (Å²) in [7, 11) is -1.27. The molecular formula is C48H52F2N8O8S. The molecule has 6 atom stereocenters. The molecule has 5 aromatic rings. The Hall–Kier alpha value is -6.37. The Labute approximate surface area is 385 Å². The number of sulfone groups is 1. The average Bonchev–Trinajstić information content (AvgIpc) is 3.96. The number of fused-ring (bicyclic) bond motifs is 6. The van der Waals surface area contributed by atoms with E-state index in [0.29, 0.717) is 75.6 Å². The van der Waals surface area contributed by atoms with Gasteiger partial charge < -0.3 is 39.9 Å². The lowest BCUT2D eigenvalue weighted by Gasteiger charge is -2.36. The van der Waals surface area contributed by atoms with Crippen LogP contribution in [0.1, 0.15) is 87.2 Å². The van der Waals surface area contributed by atoms with E-state index in [2.05, 4.69) is 25.6 Å². The monoisotopic (exact) mass is 938 g/mol. The number of hydrogen-bond acceptors (Lipinski definition) is 10. The van der Waals surface area contributed by atoms with Gasteiger partial charge in [0.15, 0.2) is 0 Å². The molecule has 5 aliphatic rings. The average molecular weight is 939 g/mol. The van der Waals surface area contributed by atoms with Gasteiger partial charge in [-0.2, -0.15) is 8.78 Å². The van der Waals surface area contributed by atoms with Gasteiger partial charge in [0.2, 0.25) is 11.8 Å². The van der Waals surface area contributed by atoms with Crippen LogP contribution in [-0.4, -0.2) is 113 Å². The number of amides is 4. The summed E-state index contributed by atoms with van der Waals surface area (Å²) >= 11 is 0. The third-order valence-electron chi connectivity index (χ3n) is 14.6. The molecule has 1 unspecified atom stereocenters. The highest BCUT2D eigenvalue weighted by atomic mass is 32.2. The van der Waals surface area contributed by atoms with Crippen LogP contribution in [-0.2, 0) is 34.8 Å². The number of halogens is 2. The van der Waals surface area contributed by atoms with Gasteiger partial charge in [-0.3, -0.25) is 9.59 Å². The molecule has 67 heavy (non-hydrogen) atoms. The first-order chi connectivity index (χ1) is 31.9. The van der Waals surface area contributed by atoms with E-state index in [0.717, 1.165) is 39.0 Å². The van der Waals surface area contributed by atoms with Crippen molar-refractivity contribution in [2.24, 2.45) is 17.3 Å². The predicted octanol–water partition coefficient (Wildman–Crippen LogP) is 7.00. The lowest BCUT2D eigenvalue weighted by Crippen LogP contribution is -2.54. The topological polar surface area (TPSA) is 209 Å². The van der Waals surface area contributed by atoms with Crippen molar-refractivity contribution in [1.29, 1.82) is 0 Å². The molecule has 2 aliphatic heterocycles. The molecule has 2 aromatic heterocycles. The zero-order chi connectivity index (χ0) is 47.3. The van der Waals surface area contributed by atoms with Crippen molar-refractivity contribution in [3.63, 3.8) is 0 Å². The summed E-state index contributed by atoms with van der Waals surface area (Å²) in [5.74, 6) is -3.72. The first-order valence-corrected chi connectivity index (χ1v) is 24.6. The Morgan fingerprint density at radius 3 is 2.19 bits per heavy atom. The van der Waals surface area contributed by atoms with Crippen molar-refractivity contribution in [3.05, 3.63) is 83.6 Å². The number of rotatable bonds is 11. The second-order valence-corrected chi connectivity index (χ2v) is 21.6. The number of carbonyl (C=O) groups excluding carboxylic acids is 4. The smallest absolute Gasteiger partial charge is 0.407 e. The highest BCUT2D eigenvalue weighted by Gasteiger charge is 2.56. The van der Waals surface area contributed by atoms with Crippen LogP contribution in [0.2, 0.25) is 0 Å². The number of nitrogens with zero attached hydrogens (tertiary/aromatic N) is 4. The minimum Gasteiger partial charge on any atom is -0.453 e. The van der Waals surface area contributed by atoms with Crippen LogP contribution in [0.5, 0.6) is 0 Å². The van der Waals surface area contributed by atoms with Gasteiger partial charge in [-0.25, -0.2) is 28.0 Å². The van der Waals surface area contributed by atoms with Crippen LogP contribution < -0.4 is 10.6 Å². The highest BCUT2D eigenvalue weighted by molar-refractivity contribution is 7.90. The number of alkyl carbamates (subject to hydrolysis) is 2. The van der Waals surface area contributed by atoms with Crippen molar-refractivity contribution in [3.8, 4) is 33.5 Å². The second kappa shape index (κ2) is 16.2. The molecule has 4 fully saturated rings. The molecule has 352 valence electrons. The molecule has 3 aliphatic carbocycles. The van der Waals surface area contributed by atoms with Crippen molar-refractivity contribution in [2.45, 2.75) is 88.5 Å². The van der Waals surface area contributed by atoms with E-state index >= 15 is 8.78 Å². The Bertz CT molecular complexity index is 2970. The van der Waals surface area contributed by atoms with E-state index in [-0.39, 0.29) is 46.4 Å². The largest absolute Gasteiger partial charge is 0.453 e. The van der Waals surface area contributed by atoms with Crippen LogP contribution in [0, 0.1) is 17.3 Å². The Morgan fingerprint density at radius 2 is 1.52 bits per heavy atom. The fraction of sp³-hybridized carbons (Fsp3) is 0.458. The third kappa shape index (κ3) is 7.87. The number of ether oxygens (including phenoxy) is 2. The number of methoxy groups -OCH3 is 2. The van der Waals surface area contributed by atoms with Gasteiger partial charge in [-0.1, -0.05) is 44.2 Å². The van der Waals surface area contributed by atoms with E-state index in [1.807, 2.05) is 32.0 Å². The van der Waals surface area contributed by atoms with E-state index in [9.17, 15) is 27.6 Å². The van der Waals surface area contributed by atoms with Crippen LogP contribution in [0.3, 0.4) is 0 Å². The van der Waals surface area contributed by atoms with Crippen LogP contribution in [0.15, 0.2) is 60.8 Å². The number of likely N-dealkylation sites (tertiary alicyclic amines) is 2. The lowest BCUT2D eigenvalue weighted by atomic mass is 9.97. The molecule has 16 nitrogen and oxygen atoms in total. The van der Waals surface area contributed by atoms with Gasteiger partial charge in [0.25, 0.3) is 5.92 Å². The molecule has 19 heteroatoms. The number of aromatic amines is 2.